The van der Waals surface area contributed by atoms with E-state index in [0.29, 0.717) is 5.92 Å². The highest BCUT2D eigenvalue weighted by Crippen LogP contribution is 2.21. The van der Waals surface area contributed by atoms with Crippen molar-refractivity contribution in [1.82, 2.24) is 24.8 Å². The summed E-state index contributed by atoms with van der Waals surface area (Å²) in [7, 11) is 0. The number of hydrogen-bond donors (Lipinski definition) is 1. The largest absolute Gasteiger partial charge is 0.357 e. The van der Waals surface area contributed by atoms with Crippen LogP contribution in [-0.4, -0.2) is 51.6 Å². The first-order valence-electron chi connectivity index (χ1n) is 10.7. The van der Waals surface area contributed by atoms with E-state index < -0.39 is 0 Å². The molecule has 2 aromatic heterocycles. The molecule has 0 bridgehead atoms. The number of likely N-dealkylation sites (tertiary alicyclic amines) is 1. The molecule has 0 saturated carbocycles. The fourth-order valence-corrected chi connectivity index (χ4v) is 4.05. The van der Waals surface area contributed by atoms with Gasteiger partial charge >= 0.3 is 0 Å². The van der Waals surface area contributed by atoms with Gasteiger partial charge in [-0.05, 0) is 49.8 Å². The van der Waals surface area contributed by atoms with Gasteiger partial charge in [0.05, 0.1) is 0 Å². The van der Waals surface area contributed by atoms with Crippen LogP contribution in [0.25, 0.3) is 5.65 Å². The average molecular weight is 518 g/mol. The Balaban J connectivity index is 0.00000256. The smallest absolute Gasteiger partial charge is 0.193 e. The molecule has 1 atom stereocenters. The van der Waals surface area contributed by atoms with Crippen LogP contribution >= 0.6 is 24.0 Å². The molecule has 30 heavy (non-hydrogen) atoms. The Morgan fingerprint density at radius 1 is 1.13 bits per heavy atom. The summed E-state index contributed by atoms with van der Waals surface area (Å²) in [6.07, 6.45) is 6.24. The Morgan fingerprint density at radius 2 is 1.97 bits per heavy atom. The van der Waals surface area contributed by atoms with Gasteiger partial charge in [0.2, 0.25) is 0 Å². The van der Waals surface area contributed by atoms with Crippen molar-refractivity contribution in [2.45, 2.75) is 32.6 Å². The molecule has 4 rings (SSSR count). The molecule has 1 aliphatic rings. The Kier molecular flexibility index (Phi) is 8.48. The lowest BCUT2D eigenvalue weighted by Crippen LogP contribution is -2.40. The van der Waals surface area contributed by atoms with Gasteiger partial charge in [-0.15, -0.1) is 34.2 Å². The first-order valence-corrected chi connectivity index (χ1v) is 10.7. The zero-order chi connectivity index (χ0) is 19.9. The summed E-state index contributed by atoms with van der Waals surface area (Å²) in [5.74, 6) is 2.75. The van der Waals surface area contributed by atoms with Crippen molar-refractivity contribution >= 4 is 35.6 Å². The number of nitrogens with one attached hydrogen (secondary N) is 1. The summed E-state index contributed by atoms with van der Waals surface area (Å²) < 4.78 is 2.06. The van der Waals surface area contributed by atoms with Crippen LogP contribution in [0.5, 0.6) is 0 Å². The molecular weight excluding hydrogens is 487 g/mol. The van der Waals surface area contributed by atoms with Crippen molar-refractivity contribution in [2.24, 2.45) is 10.9 Å². The van der Waals surface area contributed by atoms with E-state index in [1.807, 2.05) is 24.4 Å². The summed E-state index contributed by atoms with van der Waals surface area (Å²) in [5, 5.41) is 12.0. The normalized spacial score (nSPS) is 16.6. The molecule has 1 N–H and O–H groups in total. The van der Waals surface area contributed by atoms with E-state index >= 15 is 0 Å². The number of aliphatic imine (C=N–C) groups is 1. The van der Waals surface area contributed by atoms with Crippen LogP contribution in [0.15, 0.2) is 59.7 Å². The lowest BCUT2D eigenvalue weighted by Gasteiger charge is -2.21. The maximum absolute atomic E-state index is 4.89. The zero-order valence-electron chi connectivity index (χ0n) is 17.6. The summed E-state index contributed by atoms with van der Waals surface area (Å²) in [4.78, 5) is 7.31. The maximum atomic E-state index is 4.89. The number of guanidine groups is 1. The standard InChI is InChI=1S/C23H30N6.HI/c1-2-24-23(28-16-13-20(18-28)17-19-9-4-3-5-10-19)25-14-8-12-22-27-26-21-11-6-7-15-29(21)22;/h3-7,9-11,15,20H,2,8,12-14,16-18H2,1H3,(H,24,25);1H. The van der Waals surface area contributed by atoms with E-state index in [9.17, 15) is 0 Å². The van der Waals surface area contributed by atoms with Crippen LogP contribution in [0, 0.1) is 5.92 Å². The highest BCUT2D eigenvalue weighted by atomic mass is 127. The lowest BCUT2D eigenvalue weighted by molar-refractivity contribution is 0.459. The van der Waals surface area contributed by atoms with Crippen molar-refractivity contribution in [3.05, 3.63) is 66.1 Å². The van der Waals surface area contributed by atoms with Crippen LogP contribution in [0.3, 0.4) is 0 Å². The molecule has 7 heteroatoms. The molecule has 3 aromatic rings. The number of benzene rings is 1. The van der Waals surface area contributed by atoms with Crippen LogP contribution in [0.4, 0.5) is 0 Å². The first kappa shape index (κ1) is 22.5. The summed E-state index contributed by atoms with van der Waals surface area (Å²) in [6.45, 7) is 5.99. The molecule has 0 spiro atoms. The van der Waals surface area contributed by atoms with Crippen LogP contribution in [0.1, 0.15) is 31.2 Å². The third-order valence-corrected chi connectivity index (χ3v) is 5.49. The Labute approximate surface area is 195 Å². The minimum absolute atomic E-state index is 0. The molecule has 1 fully saturated rings. The van der Waals surface area contributed by atoms with Crippen molar-refractivity contribution < 1.29 is 0 Å². The van der Waals surface area contributed by atoms with Gasteiger partial charge in [0, 0.05) is 38.8 Å². The number of nitrogens with zero attached hydrogens (tertiary/aromatic N) is 5. The number of halogens is 1. The van der Waals surface area contributed by atoms with Gasteiger partial charge in [0.1, 0.15) is 5.82 Å². The van der Waals surface area contributed by atoms with Gasteiger partial charge in [0.25, 0.3) is 0 Å². The van der Waals surface area contributed by atoms with Gasteiger partial charge in [-0.2, -0.15) is 0 Å². The molecule has 1 aliphatic heterocycles. The average Bonchev–Trinajstić information content (AvgIpc) is 3.38. The van der Waals surface area contributed by atoms with Gasteiger partial charge in [0.15, 0.2) is 11.6 Å². The van der Waals surface area contributed by atoms with E-state index in [4.69, 9.17) is 4.99 Å². The molecule has 1 aromatic carbocycles. The van der Waals surface area contributed by atoms with Crippen LogP contribution in [-0.2, 0) is 12.8 Å². The van der Waals surface area contributed by atoms with E-state index in [0.717, 1.165) is 62.9 Å². The number of aromatic nitrogens is 3. The highest BCUT2D eigenvalue weighted by Gasteiger charge is 2.24. The van der Waals surface area contributed by atoms with Crippen molar-refractivity contribution in [3.8, 4) is 0 Å². The highest BCUT2D eigenvalue weighted by molar-refractivity contribution is 14.0. The van der Waals surface area contributed by atoms with Gasteiger partial charge < -0.3 is 10.2 Å². The van der Waals surface area contributed by atoms with E-state index in [-0.39, 0.29) is 24.0 Å². The van der Waals surface area contributed by atoms with Gasteiger partial charge in [-0.1, -0.05) is 36.4 Å². The molecular formula is C23H31IN6. The second kappa shape index (κ2) is 11.3. The number of pyridine rings is 1. The predicted octanol–water partition coefficient (Wildman–Crippen LogP) is 3.81. The van der Waals surface area contributed by atoms with E-state index in [2.05, 4.69) is 62.1 Å². The number of fused-ring (bicyclic) bond motifs is 1. The van der Waals surface area contributed by atoms with Crippen molar-refractivity contribution in [1.29, 1.82) is 0 Å². The zero-order valence-corrected chi connectivity index (χ0v) is 19.9. The summed E-state index contributed by atoms with van der Waals surface area (Å²) >= 11 is 0. The Hall–Kier alpha value is -2.16. The second-order valence-electron chi connectivity index (χ2n) is 7.67. The fourth-order valence-electron chi connectivity index (χ4n) is 4.05. The second-order valence-corrected chi connectivity index (χ2v) is 7.67. The SMILES string of the molecule is CCNC(=NCCCc1nnc2ccccn12)N1CCC(Cc2ccccc2)C1.I. The van der Waals surface area contributed by atoms with E-state index in [1.165, 1.54) is 12.0 Å². The monoisotopic (exact) mass is 518 g/mol. The molecule has 0 radical (unpaired) electrons. The molecule has 6 nitrogen and oxygen atoms in total. The minimum Gasteiger partial charge on any atom is -0.357 e. The van der Waals surface area contributed by atoms with Crippen molar-refractivity contribution in [2.75, 3.05) is 26.2 Å². The number of hydrogen-bond acceptors (Lipinski definition) is 3. The molecule has 160 valence electrons. The van der Waals surface area contributed by atoms with Crippen molar-refractivity contribution in [3.63, 3.8) is 0 Å². The quantitative estimate of drug-likeness (QED) is 0.224. The third-order valence-electron chi connectivity index (χ3n) is 5.49. The minimum atomic E-state index is 0. The lowest BCUT2D eigenvalue weighted by atomic mass is 9.99. The summed E-state index contributed by atoms with van der Waals surface area (Å²) in [6, 6.07) is 16.8. The fraction of sp³-hybridized carbons (Fsp3) is 0.435. The Bertz CT molecular complexity index is 939. The van der Waals surface area contributed by atoms with Crippen LogP contribution in [0.2, 0.25) is 0 Å². The topological polar surface area (TPSA) is 57.8 Å². The number of aryl methyl sites for hydroxylation is 1. The summed E-state index contributed by atoms with van der Waals surface area (Å²) in [5.41, 5.74) is 2.34. The van der Waals surface area contributed by atoms with Crippen LogP contribution < -0.4 is 5.32 Å². The molecule has 3 heterocycles. The third kappa shape index (κ3) is 5.71. The van der Waals surface area contributed by atoms with Gasteiger partial charge in [-0.3, -0.25) is 9.39 Å². The molecule has 0 aliphatic carbocycles. The first-order chi connectivity index (χ1) is 14.3. The molecule has 1 saturated heterocycles. The maximum Gasteiger partial charge on any atom is 0.193 e. The Morgan fingerprint density at radius 3 is 2.80 bits per heavy atom. The predicted molar refractivity (Wildman–Crippen MR) is 133 cm³/mol. The molecule has 0 amide bonds. The molecule has 1 unspecified atom stereocenters. The number of rotatable bonds is 7. The van der Waals surface area contributed by atoms with E-state index in [1.54, 1.807) is 0 Å². The van der Waals surface area contributed by atoms with Gasteiger partial charge in [-0.25, -0.2) is 0 Å².